The molecular weight excluding hydrogens is 472 g/mol. The molecule has 2 fully saturated rings. The van der Waals surface area contributed by atoms with Crippen LogP contribution in [0, 0.1) is 0 Å². The number of piperidine rings is 1. The number of nitrogens with zero attached hydrogens (tertiary/aromatic N) is 1. The minimum absolute atomic E-state index is 0.0197. The summed E-state index contributed by atoms with van der Waals surface area (Å²) in [7, 11) is 0. The highest BCUT2D eigenvalue weighted by Crippen LogP contribution is 2.32. The van der Waals surface area contributed by atoms with Gasteiger partial charge >= 0.3 is 0 Å². The van der Waals surface area contributed by atoms with Crippen LogP contribution in [0.25, 0.3) is 0 Å². The van der Waals surface area contributed by atoms with E-state index in [1.54, 1.807) is 0 Å². The number of amides is 1. The summed E-state index contributed by atoms with van der Waals surface area (Å²) in [5.41, 5.74) is 1.18. The number of carbonyl (C=O) groups is 1. The molecule has 0 aliphatic carbocycles. The molecule has 214 valence electrons. The Morgan fingerprint density at radius 1 is 0.868 bits per heavy atom. The van der Waals surface area contributed by atoms with Crippen molar-refractivity contribution in [2.24, 2.45) is 0 Å². The first kappa shape index (κ1) is 30.8. The lowest BCUT2D eigenvalue weighted by atomic mass is 10.0. The second-order valence-corrected chi connectivity index (χ2v) is 11.3. The van der Waals surface area contributed by atoms with Gasteiger partial charge in [-0.05, 0) is 37.7 Å². The Morgan fingerprint density at radius 2 is 1.45 bits per heavy atom. The molecule has 3 rings (SSSR count). The van der Waals surface area contributed by atoms with Crippen LogP contribution in [0.4, 0.5) is 0 Å². The van der Waals surface area contributed by atoms with Gasteiger partial charge in [0.15, 0.2) is 5.79 Å². The highest BCUT2D eigenvalue weighted by molar-refractivity contribution is 5.76. The van der Waals surface area contributed by atoms with E-state index in [9.17, 15) is 4.79 Å². The standard InChI is InChI=1S/C33H54N2O3/c1-2-3-4-5-6-7-8-9-10-11-12-13-14-15-19-22-32(36)34-31(30-20-17-16-18-21-30)29-35-25-23-33(24-26-35)37-27-28-38-33/h9-10,16-18,20-21,31H,2-8,11-15,19,22-29H2,1H3,(H,34,36)/b10-9-. The maximum Gasteiger partial charge on any atom is 0.220 e. The summed E-state index contributed by atoms with van der Waals surface area (Å²) in [5.74, 6) is -0.182. The van der Waals surface area contributed by atoms with Crippen molar-refractivity contribution < 1.29 is 14.3 Å². The first-order chi connectivity index (χ1) is 18.7. The lowest BCUT2D eigenvalue weighted by Gasteiger charge is -2.39. The SMILES string of the molecule is CCCCCCCC/C=C\CCCCCCCC(=O)NC(CN1CCC2(CC1)OCCO2)c1ccccc1. The van der Waals surface area contributed by atoms with Gasteiger partial charge in [0.25, 0.3) is 0 Å². The van der Waals surface area contributed by atoms with Gasteiger partial charge in [0, 0.05) is 38.9 Å². The van der Waals surface area contributed by atoms with Crippen molar-refractivity contribution in [3.05, 3.63) is 48.0 Å². The number of ether oxygens (including phenoxy) is 2. The van der Waals surface area contributed by atoms with E-state index in [2.05, 4.69) is 53.6 Å². The zero-order chi connectivity index (χ0) is 26.7. The van der Waals surface area contributed by atoms with Gasteiger partial charge < -0.3 is 19.7 Å². The quantitative estimate of drug-likeness (QED) is 0.148. The Balaban J connectivity index is 1.25. The number of hydrogen-bond donors (Lipinski definition) is 1. The number of nitrogens with one attached hydrogen (secondary N) is 1. The van der Waals surface area contributed by atoms with Gasteiger partial charge in [-0.15, -0.1) is 0 Å². The Morgan fingerprint density at radius 3 is 2.08 bits per heavy atom. The van der Waals surface area contributed by atoms with Crippen LogP contribution in [0.15, 0.2) is 42.5 Å². The summed E-state index contributed by atoms with van der Waals surface area (Å²) >= 11 is 0. The molecule has 1 unspecified atom stereocenters. The molecule has 1 N–H and O–H groups in total. The molecule has 0 aromatic heterocycles. The fourth-order valence-corrected chi connectivity index (χ4v) is 5.66. The van der Waals surface area contributed by atoms with Crippen LogP contribution >= 0.6 is 0 Å². The van der Waals surface area contributed by atoms with Crippen molar-refractivity contribution in [2.45, 2.75) is 121 Å². The van der Waals surface area contributed by atoms with Gasteiger partial charge in [-0.2, -0.15) is 0 Å². The average molecular weight is 527 g/mol. The third kappa shape index (κ3) is 12.0. The fraction of sp³-hybridized carbons (Fsp3) is 0.727. The molecule has 2 aliphatic heterocycles. The number of carbonyl (C=O) groups excluding carboxylic acids is 1. The first-order valence-corrected chi connectivity index (χ1v) is 15.7. The predicted molar refractivity (Wildman–Crippen MR) is 157 cm³/mol. The second kappa shape index (κ2) is 18.6. The van der Waals surface area contributed by atoms with Crippen molar-refractivity contribution in [1.82, 2.24) is 10.2 Å². The third-order valence-electron chi connectivity index (χ3n) is 8.07. The van der Waals surface area contributed by atoms with E-state index in [0.29, 0.717) is 19.6 Å². The summed E-state index contributed by atoms with van der Waals surface area (Å²) in [5, 5.41) is 3.34. The molecule has 1 atom stereocenters. The summed E-state index contributed by atoms with van der Waals surface area (Å²) in [6, 6.07) is 10.4. The Kier molecular flexibility index (Phi) is 15.1. The predicted octanol–water partition coefficient (Wildman–Crippen LogP) is 7.72. The number of allylic oxidation sites excluding steroid dienone is 2. The smallest absolute Gasteiger partial charge is 0.220 e. The molecule has 1 spiro atoms. The molecule has 2 heterocycles. The maximum atomic E-state index is 12.8. The molecule has 2 saturated heterocycles. The molecular formula is C33H54N2O3. The number of likely N-dealkylation sites (tertiary alicyclic amines) is 1. The monoisotopic (exact) mass is 526 g/mol. The van der Waals surface area contributed by atoms with Crippen molar-refractivity contribution in [3.8, 4) is 0 Å². The van der Waals surface area contributed by atoms with E-state index in [0.717, 1.165) is 45.3 Å². The Labute approximate surface area is 232 Å². The Bertz CT molecular complexity index is 766. The molecule has 2 aliphatic rings. The topological polar surface area (TPSA) is 50.8 Å². The van der Waals surface area contributed by atoms with Gasteiger partial charge in [-0.1, -0.05) is 101 Å². The van der Waals surface area contributed by atoms with Crippen LogP contribution < -0.4 is 5.32 Å². The van der Waals surface area contributed by atoms with Gasteiger partial charge in [-0.3, -0.25) is 4.79 Å². The fourth-order valence-electron chi connectivity index (χ4n) is 5.66. The highest BCUT2D eigenvalue weighted by Gasteiger charge is 2.40. The van der Waals surface area contributed by atoms with Crippen LogP contribution in [0.1, 0.15) is 121 Å². The molecule has 1 aromatic carbocycles. The third-order valence-corrected chi connectivity index (χ3v) is 8.07. The molecule has 1 aromatic rings. The number of benzene rings is 1. The van der Waals surface area contributed by atoms with E-state index in [1.165, 1.54) is 76.2 Å². The van der Waals surface area contributed by atoms with Gasteiger partial charge in [0.2, 0.25) is 5.91 Å². The number of rotatable bonds is 19. The van der Waals surface area contributed by atoms with Gasteiger partial charge in [-0.25, -0.2) is 0 Å². The maximum absolute atomic E-state index is 12.8. The van der Waals surface area contributed by atoms with Crippen molar-refractivity contribution >= 4 is 5.91 Å². The van der Waals surface area contributed by atoms with E-state index >= 15 is 0 Å². The van der Waals surface area contributed by atoms with Crippen LogP contribution in [-0.2, 0) is 14.3 Å². The molecule has 5 heteroatoms. The van der Waals surface area contributed by atoms with Crippen LogP contribution in [0.5, 0.6) is 0 Å². The lowest BCUT2D eigenvalue weighted by Crippen LogP contribution is -2.47. The minimum Gasteiger partial charge on any atom is -0.348 e. The van der Waals surface area contributed by atoms with E-state index in [-0.39, 0.29) is 17.7 Å². The van der Waals surface area contributed by atoms with Crippen LogP contribution in [0.3, 0.4) is 0 Å². The van der Waals surface area contributed by atoms with E-state index in [4.69, 9.17) is 9.47 Å². The van der Waals surface area contributed by atoms with Crippen LogP contribution in [0.2, 0.25) is 0 Å². The summed E-state index contributed by atoms with van der Waals surface area (Å²) < 4.78 is 11.8. The summed E-state index contributed by atoms with van der Waals surface area (Å²) in [6.45, 7) is 6.40. The zero-order valence-corrected chi connectivity index (χ0v) is 24.1. The molecule has 5 nitrogen and oxygen atoms in total. The van der Waals surface area contributed by atoms with Gasteiger partial charge in [0.05, 0.1) is 19.3 Å². The molecule has 0 radical (unpaired) electrons. The first-order valence-electron chi connectivity index (χ1n) is 15.7. The summed E-state index contributed by atoms with van der Waals surface area (Å²) in [4.78, 5) is 15.3. The second-order valence-electron chi connectivity index (χ2n) is 11.3. The van der Waals surface area contributed by atoms with E-state index < -0.39 is 0 Å². The highest BCUT2D eigenvalue weighted by atomic mass is 16.7. The normalized spacial score (nSPS) is 18.3. The van der Waals surface area contributed by atoms with Crippen LogP contribution in [-0.4, -0.2) is 49.4 Å². The molecule has 0 bridgehead atoms. The lowest BCUT2D eigenvalue weighted by molar-refractivity contribution is -0.185. The largest absolute Gasteiger partial charge is 0.348 e. The Hall–Kier alpha value is -1.69. The van der Waals surface area contributed by atoms with Crippen molar-refractivity contribution in [3.63, 3.8) is 0 Å². The minimum atomic E-state index is -0.355. The molecule has 0 saturated carbocycles. The molecule has 38 heavy (non-hydrogen) atoms. The van der Waals surface area contributed by atoms with Crippen molar-refractivity contribution in [1.29, 1.82) is 0 Å². The zero-order valence-electron chi connectivity index (χ0n) is 24.1. The average Bonchev–Trinajstić information content (AvgIpc) is 3.40. The molecule has 1 amide bonds. The van der Waals surface area contributed by atoms with Crippen molar-refractivity contribution in [2.75, 3.05) is 32.8 Å². The number of unbranched alkanes of at least 4 members (excludes halogenated alkanes) is 11. The van der Waals surface area contributed by atoms with E-state index in [1.807, 2.05) is 6.07 Å². The van der Waals surface area contributed by atoms with Gasteiger partial charge in [0.1, 0.15) is 0 Å². The number of hydrogen-bond acceptors (Lipinski definition) is 4. The summed E-state index contributed by atoms with van der Waals surface area (Å²) in [6.07, 6.45) is 23.7.